The van der Waals surface area contributed by atoms with Crippen LogP contribution >= 0.6 is 0 Å². The lowest BCUT2D eigenvalue weighted by Gasteiger charge is -2.12. The second-order valence-electron chi connectivity index (χ2n) is 4.01. The molecule has 0 bridgehead atoms. The molecule has 16 heavy (non-hydrogen) atoms. The van der Waals surface area contributed by atoms with E-state index in [4.69, 9.17) is 0 Å². The van der Waals surface area contributed by atoms with Crippen molar-refractivity contribution in [3.63, 3.8) is 0 Å². The summed E-state index contributed by atoms with van der Waals surface area (Å²) in [5.74, 6) is 0. The van der Waals surface area contributed by atoms with Crippen LogP contribution in [0.4, 0.5) is 0 Å². The van der Waals surface area contributed by atoms with Crippen molar-refractivity contribution in [1.82, 2.24) is 24.9 Å². The number of nitrogens with zero attached hydrogens (tertiary/aromatic N) is 4. The number of rotatable bonds is 4. The Balaban J connectivity index is 2.12. The van der Waals surface area contributed by atoms with Gasteiger partial charge >= 0.3 is 0 Å². The van der Waals surface area contributed by atoms with Crippen molar-refractivity contribution < 1.29 is 0 Å². The molecular formula is C11H17N5. The molecule has 0 amide bonds. The number of aryl methyl sites for hydroxylation is 2. The van der Waals surface area contributed by atoms with Gasteiger partial charge in [0.25, 0.3) is 0 Å². The Morgan fingerprint density at radius 3 is 2.38 bits per heavy atom. The molecule has 0 aliphatic rings. The molecule has 0 fully saturated rings. The SMILES string of the molecule is CNC(Cc1cnn(C)c1)c1cnn(C)c1. The van der Waals surface area contributed by atoms with Gasteiger partial charge in [0.1, 0.15) is 0 Å². The standard InChI is InChI=1S/C11H17N5/c1-12-11(10-6-14-16(3)8-10)4-9-5-13-15(2)7-9/h5-8,11-12H,4H2,1-3H3. The van der Waals surface area contributed by atoms with E-state index in [9.17, 15) is 0 Å². The number of hydrogen-bond acceptors (Lipinski definition) is 3. The zero-order valence-electron chi connectivity index (χ0n) is 9.88. The minimum atomic E-state index is 0.290. The highest BCUT2D eigenvalue weighted by Gasteiger charge is 2.12. The molecule has 86 valence electrons. The van der Waals surface area contributed by atoms with Gasteiger partial charge in [-0.3, -0.25) is 9.36 Å². The molecule has 5 heteroatoms. The maximum absolute atomic E-state index is 4.19. The van der Waals surface area contributed by atoms with Crippen LogP contribution in [0.25, 0.3) is 0 Å². The Labute approximate surface area is 95.1 Å². The van der Waals surface area contributed by atoms with Gasteiger partial charge in [0.05, 0.1) is 12.4 Å². The van der Waals surface area contributed by atoms with Crippen LogP contribution in [0.5, 0.6) is 0 Å². The molecule has 0 radical (unpaired) electrons. The Hall–Kier alpha value is -1.62. The van der Waals surface area contributed by atoms with E-state index in [2.05, 4.69) is 15.5 Å². The molecule has 2 rings (SSSR count). The zero-order chi connectivity index (χ0) is 11.5. The molecule has 0 saturated carbocycles. The van der Waals surface area contributed by atoms with Crippen molar-refractivity contribution in [3.8, 4) is 0 Å². The molecule has 1 atom stereocenters. The smallest absolute Gasteiger partial charge is 0.0537 e. The van der Waals surface area contributed by atoms with Gasteiger partial charge in [0, 0.05) is 38.1 Å². The third-order valence-corrected chi connectivity index (χ3v) is 2.67. The molecule has 5 nitrogen and oxygen atoms in total. The highest BCUT2D eigenvalue weighted by molar-refractivity contribution is 5.16. The lowest BCUT2D eigenvalue weighted by Crippen LogP contribution is -2.18. The normalized spacial score (nSPS) is 12.9. The molecule has 0 aliphatic carbocycles. The maximum atomic E-state index is 4.19. The summed E-state index contributed by atoms with van der Waals surface area (Å²) in [6.45, 7) is 0. The fourth-order valence-electron chi connectivity index (χ4n) is 1.82. The second kappa shape index (κ2) is 4.49. The van der Waals surface area contributed by atoms with Gasteiger partial charge in [-0.15, -0.1) is 0 Å². The summed E-state index contributed by atoms with van der Waals surface area (Å²) in [4.78, 5) is 0. The highest BCUT2D eigenvalue weighted by Crippen LogP contribution is 2.16. The molecule has 1 unspecified atom stereocenters. The average molecular weight is 219 g/mol. The lowest BCUT2D eigenvalue weighted by atomic mass is 10.0. The minimum absolute atomic E-state index is 0.290. The minimum Gasteiger partial charge on any atom is -0.313 e. The zero-order valence-corrected chi connectivity index (χ0v) is 9.88. The van der Waals surface area contributed by atoms with Gasteiger partial charge in [0.15, 0.2) is 0 Å². The molecule has 0 saturated heterocycles. The first-order valence-electron chi connectivity index (χ1n) is 5.32. The van der Waals surface area contributed by atoms with E-state index in [0.29, 0.717) is 0 Å². The van der Waals surface area contributed by atoms with Crippen LogP contribution < -0.4 is 5.32 Å². The van der Waals surface area contributed by atoms with Crippen LogP contribution in [0.2, 0.25) is 0 Å². The van der Waals surface area contributed by atoms with E-state index in [1.165, 1.54) is 11.1 Å². The number of likely N-dealkylation sites (N-methyl/N-ethyl adjacent to an activating group) is 1. The van der Waals surface area contributed by atoms with Gasteiger partial charge in [-0.2, -0.15) is 10.2 Å². The summed E-state index contributed by atoms with van der Waals surface area (Å²) < 4.78 is 3.65. The van der Waals surface area contributed by atoms with Crippen molar-refractivity contribution in [1.29, 1.82) is 0 Å². The maximum Gasteiger partial charge on any atom is 0.0537 e. The van der Waals surface area contributed by atoms with Crippen LogP contribution in [0.15, 0.2) is 24.8 Å². The molecule has 0 aromatic carbocycles. The second-order valence-corrected chi connectivity index (χ2v) is 4.01. The van der Waals surface area contributed by atoms with E-state index in [-0.39, 0.29) is 6.04 Å². The average Bonchev–Trinajstić information content (AvgIpc) is 2.84. The van der Waals surface area contributed by atoms with Crippen LogP contribution in [-0.4, -0.2) is 26.6 Å². The molecule has 2 aromatic rings. The van der Waals surface area contributed by atoms with E-state index in [0.717, 1.165) is 6.42 Å². The van der Waals surface area contributed by atoms with E-state index < -0.39 is 0 Å². The van der Waals surface area contributed by atoms with Gasteiger partial charge in [-0.25, -0.2) is 0 Å². The van der Waals surface area contributed by atoms with Crippen LogP contribution in [0.1, 0.15) is 17.2 Å². The highest BCUT2D eigenvalue weighted by atomic mass is 15.2. The molecule has 0 aliphatic heterocycles. The van der Waals surface area contributed by atoms with Gasteiger partial charge < -0.3 is 5.32 Å². The topological polar surface area (TPSA) is 47.7 Å². The summed E-state index contributed by atoms with van der Waals surface area (Å²) in [5.41, 5.74) is 2.43. The van der Waals surface area contributed by atoms with Crippen molar-refractivity contribution >= 4 is 0 Å². The fraction of sp³-hybridized carbons (Fsp3) is 0.455. The first kappa shape index (κ1) is 10.9. The number of nitrogens with one attached hydrogen (secondary N) is 1. The molecule has 1 N–H and O–H groups in total. The van der Waals surface area contributed by atoms with Crippen molar-refractivity contribution in [3.05, 3.63) is 35.9 Å². The quantitative estimate of drug-likeness (QED) is 0.821. The van der Waals surface area contributed by atoms with Crippen molar-refractivity contribution in [2.75, 3.05) is 7.05 Å². The van der Waals surface area contributed by atoms with E-state index in [1.54, 1.807) is 0 Å². The Bertz CT molecular complexity index is 456. The van der Waals surface area contributed by atoms with Gasteiger partial charge in [-0.05, 0) is 19.0 Å². The predicted molar refractivity (Wildman–Crippen MR) is 61.9 cm³/mol. The van der Waals surface area contributed by atoms with Crippen LogP contribution in [0, 0.1) is 0 Å². The van der Waals surface area contributed by atoms with Crippen LogP contribution in [0.3, 0.4) is 0 Å². The number of aromatic nitrogens is 4. The molecule has 2 heterocycles. The number of hydrogen-bond donors (Lipinski definition) is 1. The van der Waals surface area contributed by atoms with E-state index >= 15 is 0 Å². The Morgan fingerprint density at radius 1 is 1.19 bits per heavy atom. The summed E-state index contributed by atoms with van der Waals surface area (Å²) in [7, 11) is 5.83. The Morgan fingerprint density at radius 2 is 1.88 bits per heavy atom. The summed E-state index contributed by atoms with van der Waals surface area (Å²) >= 11 is 0. The van der Waals surface area contributed by atoms with Gasteiger partial charge in [-0.1, -0.05) is 0 Å². The van der Waals surface area contributed by atoms with Crippen molar-refractivity contribution in [2.24, 2.45) is 14.1 Å². The fourth-order valence-corrected chi connectivity index (χ4v) is 1.82. The third-order valence-electron chi connectivity index (χ3n) is 2.67. The molecular weight excluding hydrogens is 202 g/mol. The summed E-state index contributed by atoms with van der Waals surface area (Å²) in [6, 6.07) is 0.290. The lowest BCUT2D eigenvalue weighted by molar-refractivity contribution is 0.591. The van der Waals surface area contributed by atoms with Crippen molar-refractivity contribution in [2.45, 2.75) is 12.5 Å². The van der Waals surface area contributed by atoms with E-state index in [1.807, 2.05) is 55.3 Å². The largest absolute Gasteiger partial charge is 0.313 e. The molecule has 0 spiro atoms. The first-order valence-corrected chi connectivity index (χ1v) is 5.32. The third kappa shape index (κ3) is 2.30. The van der Waals surface area contributed by atoms with Crippen LogP contribution in [-0.2, 0) is 20.5 Å². The van der Waals surface area contributed by atoms with Gasteiger partial charge in [0.2, 0.25) is 0 Å². The monoisotopic (exact) mass is 219 g/mol. The summed E-state index contributed by atoms with van der Waals surface area (Å²) in [6.07, 6.45) is 8.81. The molecule has 2 aromatic heterocycles. The first-order chi connectivity index (χ1) is 7.69. The summed E-state index contributed by atoms with van der Waals surface area (Å²) in [5, 5.41) is 11.7. The Kier molecular flexibility index (Phi) is 3.05. The predicted octanol–water partition coefficient (Wildman–Crippen LogP) is 0.657.